The highest BCUT2D eigenvalue weighted by Gasteiger charge is 2.17. The molecule has 0 amide bonds. The maximum Gasteiger partial charge on any atom is 0.0481 e. The molecule has 1 heterocycles. The van der Waals surface area contributed by atoms with E-state index in [-0.39, 0.29) is 6.61 Å². The summed E-state index contributed by atoms with van der Waals surface area (Å²) in [5.41, 5.74) is 2.52. The van der Waals surface area contributed by atoms with E-state index < -0.39 is 0 Å². The van der Waals surface area contributed by atoms with Gasteiger partial charge in [0.1, 0.15) is 0 Å². The van der Waals surface area contributed by atoms with Gasteiger partial charge in [0.05, 0.1) is 0 Å². The summed E-state index contributed by atoms with van der Waals surface area (Å²) in [6.07, 6.45) is 0.834. The number of anilines is 1. The van der Waals surface area contributed by atoms with Crippen LogP contribution in [0.5, 0.6) is 0 Å². The molecule has 0 aromatic heterocycles. The van der Waals surface area contributed by atoms with Crippen LogP contribution in [0.4, 0.5) is 5.69 Å². The zero-order valence-corrected chi connectivity index (χ0v) is 9.10. The second kappa shape index (κ2) is 4.24. The van der Waals surface area contributed by atoms with Crippen LogP contribution in [0.3, 0.4) is 0 Å². The fourth-order valence-electron chi connectivity index (χ4n) is 1.63. The summed E-state index contributed by atoms with van der Waals surface area (Å²) in [5.74, 6) is 1.05. The molecule has 1 aliphatic heterocycles. The smallest absolute Gasteiger partial charge is 0.0481 e. The Balaban J connectivity index is 2.15. The number of benzene rings is 1. The molecular weight excluding hydrogens is 194 g/mol. The van der Waals surface area contributed by atoms with Crippen molar-refractivity contribution in [3.8, 4) is 0 Å². The molecule has 2 nitrogen and oxygen atoms in total. The highest BCUT2D eigenvalue weighted by molar-refractivity contribution is 7.99. The van der Waals surface area contributed by atoms with Crippen molar-refractivity contribution in [2.75, 3.05) is 17.7 Å². The van der Waals surface area contributed by atoms with Gasteiger partial charge in [-0.25, -0.2) is 0 Å². The van der Waals surface area contributed by atoms with Gasteiger partial charge in [-0.3, -0.25) is 0 Å². The Morgan fingerprint density at radius 3 is 3.21 bits per heavy atom. The molecule has 0 fully saturated rings. The number of nitrogens with one attached hydrogen (secondary N) is 1. The first-order valence-electron chi connectivity index (χ1n) is 4.90. The van der Waals surface area contributed by atoms with E-state index in [0.29, 0.717) is 6.04 Å². The predicted octanol–water partition coefficient (Wildman–Crippen LogP) is 2.26. The van der Waals surface area contributed by atoms with Crippen LogP contribution in [0.1, 0.15) is 12.0 Å². The lowest BCUT2D eigenvalue weighted by atomic mass is 10.2. The average Bonchev–Trinajstić information content (AvgIpc) is 2.19. The maximum atomic E-state index is 8.86. The summed E-state index contributed by atoms with van der Waals surface area (Å²) < 4.78 is 0. The first-order chi connectivity index (χ1) is 6.79. The lowest BCUT2D eigenvalue weighted by Crippen LogP contribution is -2.26. The largest absolute Gasteiger partial charge is 0.396 e. The van der Waals surface area contributed by atoms with E-state index in [0.717, 1.165) is 12.2 Å². The third kappa shape index (κ3) is 2.04. The Morgan fingerprint density at radius 2 is 2.43 bits per heavy atom. The molecule has 1 aliphatic rings. The van der Waals surface area contributed by atoms with Crippen LogP contribution < -0.4 is 5.32 Å². The summed E-state index contributed by atoms with van der Waals surface area (Å²) in [4.78, 5) is 1.33. The number of aliphatic hydroxyl groups excluding tert-OH is 1. The Hall–Kier alpha value is -0.670. The summed E-state index contributed by atoms with van der Waals surface area (Å²) in [7, 11) is 0. The summed E-state index contributed by atoms with van der Waals surface area (Å²) in [6.45, 7) is 2.38. The first-order valence-corrected chi connectivity index (χ1v) is 5.89. The van der Waals surface area contributed by atoms with Gasteiger partial charge in [-0.2, -0.15) is 0 Å². The van der Waals surface area contributed by atoms with Crippen molar-refractivity contribution >= 4 is 17.4 Å². The molecule has 0 bridgehead atoms. The van der Waals surface area contributed by atoms with Gasteiger partial charge in [0.2, 0.25) is 0 Å². The van der Waals surface area contributed by atoms with Crippen LogP contribution in [0.15, 0.2) is 23.1 Å². The number of thioether (sulfide) groups is 1. The third-order valence-corrected chi connectivity index (χ3v) is 3.63. The molecule has 1 atom stereocenters. The SMILES string of the molecule is Cc1ccc2c(c1)SCC(CCO)N2. The van der Waals surface area contributed by atoms with Gasteiger partial charge in [0.25, 0.3) is 0 Å². The Morgan fingerprint density at radius 1 is 1.57 bits per heavy atom. The molecule has 76 valence electrons. The van der Waals surface area contributed by atoms with Gasteiger partial charge < -0.3 is 10.4 Å². The standard InChI is InChI=1S/C11H15NOS/c1-8-2-3-10-11(6-8)14-7-9(12-10)4-5-13/h2-3,6,9,12-13H,4-5,7H2,1H3. The number of aliphatic hydroxyl groups is 1. The highest BCUT2D eigenvalue weighted by atomic mass is 32.2. The number of hydrogen-bond acceptors (Lipinski definition) is 3. The minimum atomic E-state index is 0.263. The van der Waals surface area contributed by atoms with E-state index >= 15 is 0 Å². The van der Waals surface area contributed by atoms with E-state index in [9.17, 15) is 0 Å². The van der Waals surface area contributed by atoms with Gasteiger partial charge >= 0.3 is 0 Å². The maximum absolute atomic E-state index is 8.86. The second-order valence-corrected chi connectivity index (χ2v) is 4.73. The predicted molar refractivity (Wildman–Crippen MR) is 61.0 cm³/mol. The molecule has 1 unspecified atom stereocenters. The quantitative estimate of drug-likeness (QED) is 0.783. The zero-order valence-electron chi connectivity index (χ0n) is 8.29. The van der Waals surface area contributed by atoms with Gasteiger partial charge in [-0.1, -0.05) is 6.07 Å². The molecule has 0 saturated carbocycles. The Bertz CT molecular complexity index is 327. The van der Waals surface area contributed by atoms with Gasteiger partial charge in [-0.05, 0) is 31.0 Å². The summed E-state index contributed by atoms with van der Waals surface area (Å²) in [6, 6.07) is 6.87. The van der Waals surface area contributed by atoms with Crippen LogP contribution in [0.25, 0.3) is 0 Å². The second-order valence-electron chi connectivity index (χ2n) is 3.66. The van der Waals surface area contributed by atoms with Crippen LogP contribution in [0.2, 0.25) is 0 Å². The number of rotatable bonds is 2. The summed E-state index contributed by atoms with van der Waals surface area (Å²) in [5, 5.41) is 12.3. The normalized spacial score (nSPS) is 20.0. The molecular formula is C11H15NOS. The fraction of sp³-hybridized carbons (Fsp3) is 0.455. The molecule has 0 spiro atoms. The van der Waals surface area contributed by atoms with Gasteiger partial charge in [-0.15, -0.1) is 11.8 Å². The molecule has 1 aromatic rings. The molecule has 0 saturated heterocycles. The van der Waals surface area contributed by atoms with E-state index in [1.54, 1.807) is 0 Å². The van der Waals surface area contributed by atoms with Crippen LogP contribution in [-0.2, 0) is 0 Å². The number of aryl methyl sites for hydroxylation is 1. The topological polar surface area (TPSA) is 32.3 Å². The molecule has 2 N–H and O–H groups in total. The zero-order chi connectivity index (χ0) is 9.97. The molecule has 0 radical (unpaired) electrons. The van der Waals surface area contributed by atoms with Gasteiger partial charge in [0.15, 0.2) is 0 Å². The van der Waals surface area contributed by atoms with E-state index in [4.69, 9.17) is 5.11 Å². The highest BCUT2D eigenvalue weighted by Crippen LogP contribution is 2.34. The minimum Gasteiger partial charge on any atom is -0.396 e. The average molecular weight is 209 g/mol. The van der Waals surface area contributed by atoms with Crippen LogP contribution in [-0.4, -0.2) is 23.5 Å². The van der Waals surface area contributed by atoms with Crippen molar-refractivity contribution in [3.05, 3.63) is 23.8 Å². The molecule has 2 rings (SSSR count). The number of hydrogen-bond donors (Lipinski definition) is 2. The van der Waals surface area contributed by atoms with Crippen LogP contribution >= 0.6 is 11.8 Å². The van der Waals surface area contributed by atoms with E-state index in [1.807, 2.05) is 11.8 Å². The van der Waals surface area contributed by atoms with Crippen LogP contribution in [0, 0.1) is 6.92 Å². The van der Waals surface area contributed by atoms with Crippen molar-refractivity contribution in [1.29, 1.82) is 0 Å². The fourth-order valence-corrected chi connectivity index (χ4v) is 2.81. The van der Waals surface area contributed by atoms with Gasteiger partial charge in [0, 0.05) is 29.0 Å². The van der Waals surface area contributed by atoms with Crippen molar-refractivity contribution < 1.29 is 5.11 Å². The third-order valence-electron chi connectivity index (χ3n) is 2.41. The lowest BCUT2D eigenvalue weighted by molar-refractivity contribution is 0.282. The van der Waals surface area contributed by atoms with Crippen molar-refractivity contribution in [1.82, 2.24) is 0 Å². The first kappa shape index (κ1) is 9.87. The minimum absolute atomic E-state index is 0.263. The number of fused-ring (bicyclic) bond motifs is 1. The Kier molecular flexibility index (Phi) is 2.99. The van der Waals surface area contributed by atoms with Crippen molar-refractivity contribution in [3.63, 3.8) is 0 Å². The molecule has 1 aromatic carbocycles. The molecule has 3 heteroatoms. The van der Waals surface area contributed by atoms with E-state index in [1.165, 1.54) is 16.1 Å². The monoisotopic (exact) mass is 209 g/mol. The molecule has 0 aliphatic carbocycles. The lowest BCUT2D eigenvalue weighted by Gasteiger charge is -2.26. The molecule has 14 heavy (non-hydrogen) atoms. The van der Waals surface area contributed by atoms with Crippen molar-refractivity contribution in [2.24, 2.45) is 0 Å². The summed E-state index contributed by atoms with van der Waals surface area (Å²) >= 11 is 1.88. The van der Waals surface area contributed by atoms with E-state index in [2.05, 4.69) is 30.4 Å². The Labute approximate surface area is 88.7 Å². The van der Waals surface area contributed by atoms with Crippen molar-refractivity contribution in [2.45, 2.75) is 24.3 Å².